The summed E-state index contributed by atoms with van der Waals surface area (Å²) in [6, 6.07) is 3.42. The number of carboxylic acids is 1. The zero-order valence-electron chi connectivity index (χ0n) is 9.01. The third kappa shape index (κ3) is 4.41. The standard InChI is InChI=1S/C12H13NO3/c1-9(2)8-16-11-5-3-10(13-7-11)4-6-12(14)15/h3-7H,1,8H2,2H3,(H,14,15). The summed E-state index contributed by atoms with van der Waals surface area (Å²) in [5, 5.41) is 8.43. The summed E-state index contributed by atoms with van der Waals surface area (Å²) in [6.07, 6.45) is 4.01. The number of carboxylic acid groups (broad SMARTS) is 1. The number of pyridine rings is 1. The summed E-state index contributed by atoms with van der Waals surface area (Å²) in [7, 11) is 0. The molecule has 0 aliphatic rings. The van der Waals surface area contributed by atoms with E-state index in [1.807, 2.05) is 6.92 Å². The zero-order chi connectivity index (χ0) is 12.0. The molecule has 4 nitrogen and oxygen atoms in total. The first-order valence-electron chi connectivity index (χ1n) is 4.72. The Kier molecular flexibility index (Phi) is 4.27. The Hall–Kier alpha value is -2.10. The Morgan fingerprint density at radius 3 is 2.88 bits per heavy atom. The van der Waals surface area contributed by atoms with E-state index < -0.39 is 5.97 Å². The Labute approximate surface area is 93.9 Å². The van der Waals surface area contributed by atoms with Gasteiger partial charge in [0.05, 0.1) is 11.9 Å². The van der Waals surface area contributed by atoms with E-state index in [0.717, 1.165) is 11.6 Å². The van der Waals surface area contributed by atoms with E-state index in [9.17, 15) is 4.79 Å². The van der Waals surface area contributed by atoms with Crippen LogP contribution in [0.1, 0.15) is 12.6 Å². The van der Waals surface area contributed by atoms with E-state index in [1.165, 1.54) is 6.08 Å². The van der Waals surface area contributed by atoms with E-state index in [-0.39, 0.29) is 0 Å². The van der Waals surface area contributed by atoms with Crippen LogP contribution in [0.4, 0.5) is 0 Å². The second-order valence-electron chi connectivity index (χ2n) is 3.34. The van der Waals surface area contributed by atoms with Gasteiger partial charge in [0.25, 0.3) is 0 Å². The third-order valence-corrected chi connectivity index (χ3v) is 1.64. The molecule has 0 radical (unpaired) electrons. The van der Waals surface area contributed by atoms with Crippen molar-refractivity contribution in [3.63, 3.8) is 0 Å². The zero-order valence-corrected chi connectivity index (χ0v) is 9.01. The number of aromatic nitrogens is 1. The molecule has 4 heteroatoms. The molecular formula is C12H13NO3. The lowest BCUT2D eigenvalue weighted by molar-refractivity contribution is -0.131. The van der Waals surface area contributed by atoms with Crippen LogP contribution in [0.5, 0.6) is 5.75 Å². The van der Waals surface area contributed by atoms with E-state index in [1.54, 1.807) is 18.3 Å². The monoisotopic (exact) mass is 219 g/mol. The van der Waals surface area contributed by atoms with Crippen molar-refractivity contribution in [3.8, 4) is 5.75 Å². The summed E-state index contributed by atoms with van der Waals surface area (Å²) in [4.78, 5) is 14.3. The van der Waals surface area contributed by atoms with Crippen molar-refractivity contribution < 1.29 is 14.6 Å². The molecule has 1 N–H and O–H groups in total. The lowest BCUT2D eigenvalue weighted by atomic mass is 10.3. The highest BCUT2D eigenvalue weighted by Gasteiger charge is 1.95. The first kappa shape index (κ1) is 12.0. The minimum atomic E-state index is -0.996. The minimum absolute atomic E-state index is 0.450. The number of ether oxygens (including phenoxy) is 1. The van der Waals surface area contributed by atoms with E-state index in [2.05, 4.69) is 11.6 Å². The van der Waals surface area contributed by atoms with Crippen molar-refractivity contribution in [1.82, 2.24) is 4.98 Å². The van der Waals surface area contributed by atoms with Gasteiger partial charge in [-0.1, -0.05) is 6.58 Å². The summed E-state index contributed by atoms with van der Waals surface area (Å²) < 4.78 is 5.35. The molecule has 0 saturated carbocycles. The van der Waals surface area contributed by atoms with Crippen LogP contribution < -0.4 is 4.74 Å². The molecule has 1 aromatic rings. The topological polar surface area (TPSA) is 59.4 Å². The van der Waals surface area contributed by atoms with Crippen LogP contribution in [0.3, 0.4) is 0 Å². The van der Waals surface area contributed by atoms with Crippen molar-refractivity contribution in [2.75, 3.05) is 6.61 Å². The number of rotatable bonds is 5. The van der Waals surface area contributed by atoms with Gasteiger partial charge in [-0.25, -0.2) is 4.79 Å². The molecule has 1 aromatic heterocycles. The van der Waals surface area contributed by atoms with Crippen molar-refractivity contribution in [3.05, 3.63) is 42.3 Å². The van der Waals surface area contributed by atoms with Gasteiger partial charge in [-0.3, -0.25) is 4.98 Å². The molecule has 0 amide bonds. The Morgan fingerprint density at radius 2 is 2.38 bits per heavy atom. The minimum Gasteiger partial charge on any atom is -0.488 e. The van der Waals surface area contributed by atoms with Crippen molar-refractivity contribution >= 4 is 12.0 Å². The molecule has 0 atom stereocenters. The molecule has 0 aliphatic carbocycles. The van der Waals surface area contributed by atoms with Gasteiger partial charge >= 0.3 is 5.97 Å². The first-order valence-corrected chi connectivity index (χ1v) is 4.72. The maximum absolute atomic E-state index is 10.3. The van der Waals surface area contributed by atoms with Gasteiger partial charge in [0, 0.05) is 6.08 Å². The maximum Gasteiger partial charge on any atom is 0.328 e. The molecule has 0 aliphatic heterocycles. The summed E-state index contributed by atoms with van der Waals surface area (Å²) in [5.74, 6) is -0.361. The molecule has 84 valence electrons. The number of aliphatic carboxylic acids is 1. The average Bonchev–Trinajstić information content (AvgIpc) is 2.25. The lowest BCUT2D eigenvalue weighted by Crippen LogP contribution is -1.98. The first-order chi connectivity index (χ1) is 7.58. The fraction of sp³-hybridized carbons (Fsp3) is 0.167. The normalized spacial score (nSPS) is 10.3. The predicted molar refractivity (Wildman–Crippen MR) is 61.2 cm³/mol. The summed E-state index contributed by atoms with van der Waals surface area (Å²) in [6.45, 7) is 6.04. The SMILES string of the molecule is C=C(C)COc1ccc(C=CC(=O)O)nc1. The van der Waals surface area contributed by atoms with Crippen LogP contribution in [0.25, 0.3) is 6.08 Å². The molecule has 0 spiro atoms. The lowest BCUT2D eigenvalue weighted by Gasteiger charge is -2.04. The van der Waals surface area contributed by atoms with Crippen molar-refractivity contribution in [2.24, 2.45) is 0 Å². The van der Waals surface area contributed by atoms with Gasteiger partial charge < -0.3 is 9.84 Å². The Balaban J connectivity index is 2.60. The number of hydrogen-bond acceptors (Lipinski definition) is 3. The molecular weight excluding hydrogens is 206 g/mol. The quantitative estimate of drug-likeness (QED) is 0.608. The molecule has 0 fully saturated rings. The second kappa shape index (κ2) is 5.70. The molecule has 1 heterocycles. The Bertz CT molecular complexity index is 407. The number of carbonyl (C=O) groups is 1. The molecule has 0 bridgehead atoms. The van der Waals surface area contributed by atoms with Gasteiger partial charge in [0.1, 0.15) is 12.4 Å². The van der Waals surface area contributed by atoms with Crippen LogP contribution >= 0.6 is 0 Å². The smallest absolute Gasteiger partial charge is 0.328 e. The van der Waals surface area contributed by atoms with Gasteiger partial charge in [-0.2, -0.15) is 0 Å². The maximum atomic E-state index is 10.3. The van der Waals surface area contributed by atoms with Gasteiger partial charge in [-0.15, -0.1) is 0 Å². The van der Waals surface area contributed by atoms with E-state index >= 15 is 0 Å². The largest absolute Gasteiger partial charge is 0.488 e. The van der Waals surface area contributed by atoms with Gasteiger partial charge in [0.15, 0.2) is 0 Å². The van der Waals surface area contributed by atoms with Crippen LogP contribution in [-0.4, -0.2) is 22.7 Å². The highest BCUT2D eigenvalue weighted by Crippen LogP contribution is 2.10. The predicted octanol–water partition coefficient (Wildman–Crippen LogP) is 2.13. The van der Waals surface area contributed by atoms with Gasteiger partial charge in [0.2, 0.25) is 0 Å². The summed E-state index contributed by atoms with van der Waals surface area (Å²) in [5.41, 5.74) is 1.50. The second-order valence-corrected chi connectivity index (χ2v) is 3.34. The molecule has 16 heavy (non-hydrogen) atoms. The fourth-order valence-electron chi connectivity index (χ4n) is 0.939. The summed E-state index contributed by atoms with van der Waals surface area (Å²) >= 11 is 0. The van der Waals surface area contributed by atoms with Crippen molar-refractivity contribution in [2.45, 2.75) is 6.92 Å². The number of nitrogens with zero attached hydrogens (tertiary/aromatic N) is 1. The van der Waals surface area contributed by atoms with Crippen LogP contribution in [0, 0.1) is 0 Å². The van der Waals surface area contributed by atoms with Crippen LogP contribution in [0.15, 0.2) is 36.6 Å². The average molecular weight is 219 g/mol. The number of hydrogen-bond donors (Lipinski definition) is 1. The van der Waals surface area contributed by atoms with Crippen LogP contribution in [0.2, 0.25) is 0 Å². The third-order valence-electron chi connectivity index (χ3n) is 1.64. The van der Waals surface area contributed by atoms with Crippen molar-refractivity contribution in [1.29, 1.82) is 0 Å². The fourth-order valence-corrected chi connectivity index (χ4v) is 0.939. The molecule has 0 aromatic carbocycles. The highest BCUT2D eigenvalue weighted by molar-refractivity contribution is 5.84. The van der Waals surface area contributed by atoms with E-state index in [4.69, 9.17) is 9.84 Å². The molecule has 0 unspecified atom stereocenters. The molecule has 1 rings (SSSR count). The van der Waals surface area contributed by atoms with Gasteiger partial charge in [-0.05, 0) is 30.7 Å². The molecule has 0 saturated heterocycles. The van der Waals surface area contributed by atoms with Crippen LogP contribution in [-0.2, 0) is 4.79 Å². The Morgan fingerprint density at radius 1 is 1.62 bits per heavy atom. The van der Waals surface area contributed by atoms with E-state index in [0.29, 0.717) is 18.1 Å². The highest BCUT2D eigenvalue weighted by atomic mass is 16.5.